The molecule has 1 fully saturated rings. The molecular formula is C21H27N3. The number of hydrogen-bond donors (Lipinski definition) is 1. The minimum atomic E-state index is 0.919. The highest BCUT2D eigenvalue weighted by Crippen LogP contribution is 2.17. The Morgan fingerprint density at radius 2 is 1.83 bits per heavy atom. The first-order valence-electron chi connectivity index (χ1n) is 8.79. The third kappa shape index (κ3) is 4.39. The second-order valence-corrected chi connectivity index (χ2v) is 6.36. The average Bonchev–Trinajstić information content (AvgIpc) is 2.61. The maximum atomic E-state index is 3.99. The molecule has 1 saturated heterocycles. The quantitative estimate of drug-likeness (QED) is 0.820. The SMILES string of the molecule is C=C(/C=C/N1CCN(Cc2ccc3ccccc3c2)CC1)NCC. The van der Waals surface area contributed by atoms with E-state index in [1.54, 1.807) is 0 Å². The summed E-state index contributed by atoms with van der Waals surface area (Å²) in [5, 5.41) is 5.87. The van der Waals surface area contributed by atoms with E-state index in [2.05, 4.69) is 83.4 Å². The van der Waals surface area contributed by atoms with E-state index in [1.807, 2.05) is 0 Å². The predicted octanol–water partition coefficient (Wildman–Crippen LogP) is 3.59. The van der Waals surface area contributed by atoms with Crippen molar-refractivity contribution < 1.29 is 0 Å². The molecule has 0 aromatic heterocycles. The molecule has 0 amide bonds. The van der Waals surface area contributed by atoms with Crippen molar-refractivity contribution in [1.82, 2.24) is 15.1 Å². The van der Waals surface area contributed by atoms with Crippen LogP contribution < -0.4 is 5.32 Å². The summed E-state index contributed by atoms with van der Waals surface area (Å²) in [6, 6.07) is 15.4. The molecule has 0 radical (unpaired) electrons. The molecule has 2 aromatic rings. The molecule has 1 aliphatic heterocycles. The standard InChI is InChI=1S/C21H27N3/c1-3-22-18(2)10-11-23-12-14-24(15-13-23)17-19-8-9-20-6-4-5-7-21(20)16-19/h4-11,16,22H,2-3,12-15,17H2,1H3/b11-10+. The topological polar surface area (TPSA) is 18.5 Å². The summed E-state index contributed by atoms with van der Waals surface area (Å²) in [5.41, 5.74) is 2.38. The number of piperazine rings is 1. The lowest BCUT2D eigenvalue weighted by atomic mass is 10.1. The molecule has 24 heavy (non-hydrogen) atoms. The van der Waals surface area contributed by atoms with Gasteiger partial charge in [-0.15, -0.1) is 0 Å². The van der Waals surface area contributed by atoms with Crippen LogP contribution in [-0.2, 0) is 6.54 Å². The number of likely N-dealkylation sites (N-methyl/N-ethyl adjacent to an activating group) is 1. The van der Waals surface area contributed by atoms with Crippen LogP contribution in [0.3, 0.4) is 0 Å². The molecule has 1 N–H and O–H groups in total. The average molecular weight is 321 g/mol. The van der Waals surface area contributed by atoms with Gasteiger partial charge in [0.25, 0.3) is 0 Å². The Labute approximate surface area is 145 Å². The zero-order chi connectivity index (χ0) is 16.8. The molecule has 126 valence electrons. The number of fused-ring (bicyclic) bond motifs is 1. The molecule has 0 saturated carbocycles. The van der Waals surface area contributed by atoms with Gasteiger partial charge in [0, 0.05) is 51.2 Å². The van der Waals surface area contributed by atoms with Gasteiger partial charge in [-0.1, -0.05) is 43.0 Å². The number of benzene rings is 2. The largest absolute Gasteiger partial charge is 0.386 e. The summed E-state index contributed by atoms with van der Waals surface area (Å²) in [6.45, 7) is 12.4. The fraction of sp³-hybridized carbons (Fsp3) is 0.333. The Kier molecular flexibility index (Phi) is 5.55. The molecule has 0 bridgehead atoms. The van der Waals surface area contributed by atoms with Crippen LogP contribution in [0.5, 0.6) is 0 Å². The summed E-state index contributed by atoms with van der Waals surface area (Å²) >= 11 is 0. The first kappa shape index (κ1) is 16.6. The first-order valence-corrected chi connectivity index (χ1v) is 8.79. The van der Waals surface area contributed by atoms with E-state index in [9.17, 15) is 0 Å². The summed E-state index contributed by atoms with van der Waals surface area (Å²) in [6.07, 6.45) is 4.24. The van der Waals surface area contributed by atoms with Gasteiger partial charge in [0.05, 0.1) is 0 Å². The molecule has 0 aliphatic carbocycles. The van der Waals surface area contributed by atoms with Gasteiger partial charge in [0.2, 0.25) is 0 Å². The van der Waals surface area contributed by atoms with Crippen LogP contribution in [0.4, 0.5) is 0 Å². The van der Waals surface area contributed by atoms with Crippen LogP contribution in [-0.4, -0.2) is 42.5 Å². The van der Waals surface area contributed by atoms with E-state index in [1.165, 1.54) is 16.3 Å². The summed E-state index contributed by atoms with van der Waals surface area (Å²) in [5.74, 6) is 0. The Balaban J connectivity index is 1.52. The van der Waals surface area contributed by atoms with Crippen LogP contribution in [0.1, 0.15) is 12.5 Å². The fourth-order valence-electron chi connectivity index (χ4n) is 3.15. The van der Waals surface area contributed by atoms with Gasteiger partial charge in [-0.05, 0) is 35.4 Å². The lowest BCUT2D eigenvalue weighted by molar-refractivity contribution is 0.162. The van der Waals surface area contributed by atoms with Crippen LogP contribution in [0.25, 0.3) is 10.8 Å². The molecule has 0 atom stereocenters. The van der Waals surface area contributed by atoms with Crippen molar-refractivity contribution in [3.05, 3.63) is 72.6 Å². The maximum absolute atomic E-state index is 3.99. The first-order chi connectivity index (χ1) is 11.7. The fourth-order valence-corrected chi connectivity index (χ4v) is 3.15. The second kappa shape index (κ2) is 8.02. The number of rotatable bonds is 6. The molecule has 2 aromatic carbocycles. The highest BCUT2D eigenvalue weighted by Gasteiger charge is 2.14. The monoisotopic (exact) mass is 321 g/mol. The van der Waals surface area contributed by atoms with Crippen molar-refractivity contribution in [2.45, 2.75) is 13.5 Å². The molecule has 0 spiro atoms. The van der Waals surface area contributed by atoms with Crippen molar-refractivity contribution in [2.24, 2.45) is 0 Å². The Bertz CT molecular complexity index is 712. The lowest BCUT2D eigenvalue weighted by Crippen LogP contribution is -2.43. The van der Waals surface area contributed by atoms with Gasteiger partial charge < -0.3 is 10.2 Å². The van der Waals surface area contributed by atoms with Gasteiger partial charge >= 0.3 is 0 Å². The Morgan fingerprint density at radius 1 is 1.08 bits per heavy atom. The van der Waals surface area contributed by atoms with E-state index in [-0.39, 0.29) is 0 Å². The third-order valence-electron chi connectivity index (χ3n) is 4.52. The zero-order valence-corrected chi connectivity index (χ0v) is 14.5. The smallest absolute Gasteiger partial charge is 0.0301 e. The number of nitrogens with one attached hydrogen (secondary N) is 1. The molecule has 3 nitrogen and oxygen atoms in total. The minimum absolute atomic E-state index is 0.919. The van der Waals surface area contributed by atoms with Gasteiger partial charge in [-0.2, -0.15) is 0 Å². The van der Waals surface area contributed by atoms with Crippen LogP contribution in [0, 0.1) is 0 Å². The highest BCUT2D eigenvalue weighted by molar-refractivity contribution is 5.82. The Morgan fingerprint density at radius 3 is 2.58 bits per heavy atom. The van der Waals surface area contributed by atoms with E-state index >= 15 is 0 Å². The summed E-state index contributed by atoms with van der Waals surface area (Å²) in [7, 11) is 0. The molecule has 1 aliphatic rings. The maximum Gasteiger partial charge on any atom is 0.0301 e. The van der Waals surface area contributed by atoms with E-state index in [0.29, 0.717) is 0 Å². The van der Waals surface area contributed by atoms with Gasteiger partial charge in [0.15, 0.2) is 0 Å². The third-order valence-corrected chi connectivity index (χ3v) is 4.52. The molecular weight excluding hydrogens is 294 g/mol. The van der Waals surface area contributed by atoms with Crippen molar-refractivity contribution in [2.75, 3.05) is 32.7 Å². The molecule has 3 heteroatoms. The second-order valence-electron chi connectivity index (χ2n) is 6.36. The molecule has 1 heterocycles. The summed E-state index contributed by atoms with van der Waals surface area (Å²) < 4.78 is 0. The van der Waals surface area contributed by atoms with Gasteiger partial charge in [0.1, 0.15) is 0 Å². The van der Waals surface area contributed by atoms with E-state index < -0.39 is 0 Å². The van der Waals surface area contributed by atoms with Crippen molar-refractivity contribution in [1.29, 1.82) is 0 Å². The number of hydrogen-bond acceptors (Lipinski definition) is 3. The molecule has 0 unspecified atom stereocenters. The molecule has 3 rings (SSSR count). The normalized spacial score (nSPS) is 16.0. The van der Waals surface area contributed by atoms with Crippen LogP contribution in [0.15, 0.2) is 67.0 Å². The van der Waals surface area contributed by atoms with E-state index in [4.69, 9.17) is 0 Å². The Hall–Kier alpha value is -2.26. The lowest BCUT2D eigenvalue weighted by Gasteiger charge is -2.34. The predicted molar refractivity (Wildman–Crippen MR) is 103 cm³/mol. The summed E-state index contributed by atoms with van der Waals surface area (Å²) in [4.78, 5) is 4.91. The highest BCUT2D eigenvalue weighted by atomic mass is 15.2. The van der Waals surface area contributed by atoms with Crippen LogP contribution in [0.2, 0.25) is 0 Å². The van der Waals surface area contributed by atoms with Crippen molar-refractivity contribution in [3.8, 4) is 0 Å². The van der Waals surface area contributed by atoms with Gasteiger partial charge in [-0.25, -0.2) is 0 Å². The van der Waals surface area contributed by atoms with E-state index in [0.717, 1.165) is 45.0 Å². The van der Waals surface area contributed by atoms with Crippen LogP contribution >= 0.6 is 0 Å². The zero-order valence-electron chi connectivity index (χ0n) is 14.5. The van der Waals surface area contributed by atoms with Crippen molar-refractivity contribution in [3.63, 3.8) is 0 Å². The minimum Gasteiger partial charge on any atom is -0.386 e. The van der Waals surface area contributed by atoms with Crippen molar-refractivity contribution >= 4 is 10.8 Å². The number of nitrogens with zero attached hydrogens (tertiary/aromatic N) is 2. The number of allylic oxidation sites excluding steroid dienone is 1. The van der Waals surface area contributed by atoms with Gasteiger partial charge in [-0.3, -0.25) is 4.90 Å².